The van der Waals surface area contributed by atoms with E-state index in [1.54, 1.807) is 0 Å². The molecular formula is C11H15N3O7. The van der Waals surface area contributed by atoms with Gasteiger partial charge >= 0.3 is 11.7 Å². The number of methoxy groups -OCH3 is 1. The molecule has 0 unspecified atom stereocenters. The Morgan fingerprint density at radius 2 is 2.14 bits per heavy atom. The third-order valence-electron chi connectivity index (χ3n) is 3.23. The fourth-order valence-corrected chi connectivity index (χ4v) is 2.11. The van der Waals surface area contributed by atoms with E-state index in [0.717, 1.165) is 23.9 Å². The zero-order valence-electron chi connectivity index (χ0n) is 11.0. The number of rotatable bonds is 3. The number of nitrogens with zero attached hydrogens (tertiary/aromatic N) is 1. The van der Waals surface area contributed by atoms with Crippen LogP contribution in [0, 0.1) is 0 Å². The number of hydrogen-bond donors (Lipinski definition) is 4. The molecule has 0 aliphatic carbocycles. The molecule has 10 heteroatoms. The van der Waals surface area contributed by atoms with Gasteiger partial charge in [-0.1, -0.05) is 0 Å². The molecule has 0 bridgehead atoms. The predicted octanol–water partition coefficient (Wildman–Crippen LogP) is -3.34. The van der Waals surface area contributed by atoms with Gasteiger partial charge in [0.05, 0.1) is 7.11 Å². The maximum atomic E-state index is 11.7. The van der Waals surface area contributed by atoms with Gasteiger partial charge in [0.1, 0.15) is 24.4 Å². The van der Waals surface area contributed by atoms with Crippen LogP contribution >= 0.6 is 0 Å². The van der Waals surface area contributed by atoms with Crippen LogP contribution in [-0.2, 0) is 14.3 Å². The van der Waals surface area contributed by atoms with E-state index in [1.165, 1.54) is 0 Å². The largest absolute Gasteiger partial charge is 0.468 e. The summed E-state index contributed by atoms with van der Waals surface area (Å²) in [6.45, 7) is 0. The topological polar surface area (TPSA) is 157 Å². The minimum atomic E-state index is -1.51. The lowest BCUT2D eigenvalue weighted by Gasteiger charge is -2.19. The fraction of sp³-hybridized carbons (Fsp3) is 0.545. The van der Waals surface area contributed by atoms with E-state index < -0.39 is 47.8 Å². The molecule has 5 N–H and O–H groups in total. The molecule has 10 nitrogen and oxygen atoms in total. The Bertz CT molecular complexity index is 639. The Morgan fingerprint density at radius 3 is 2.71 bits per heavy atom. The van der Waals surface area contributed by atoms with Crippen LogP contribution in [0.3, 0.4) is 0 Å². The summed E-state index contributed by atoms with van der Waals surface area (Å²) in [7, 11) is 1.11. The molecule has 0 aromatic carbocycles. The summed E-state index contributed by atoms with van der Waals surface area (Å²) in [5.74, 6) is -0.833. The monoisotopic (exact) mass is 301 g/mol. The number of aliphatic hydroxyl groups is 2. The number of nitrogens with one attached hydrogen (secondary N) is 1. The van der Waals surface area contributed by atoms with Crippen LogP contribution in [0.5, 0.6) is 0 Å². The normalized spacial score (nSPS) is 30.1. The number of aliphatic hydroxyl groups excluding tert-OH is 2. The summed E-state index contributed by atoms with van der Waals surface area (Å²) in [6, 6.07) is -0.277. The summed E-state index contributed by atoms with van der Waals surface area (Å²) >= 11 is 0. The van der Waals surface area contributed by atoms with Gasteiger partial charge in [0.2, 0.25) is 0 Å². The van der Waals surface area contributed by atoms with Gasteiger partial charge in [-0.25, -0.2) is 4.79 Å². The van der Waals surface area contributed by atoms with Crippen LogP contribution in [0.2, 0.25) is 0 Å². The number of aromatic amines is 1. The Morgan fingerprint density at radius 1 is 1.48 bits per heavy atom. The van der Waals surface area contributed by atoms with Gasteiger partial charge in [0.15, 0.2) is 6.23 Å². The van der Waals surface area contributed by atoms with Crippen molar-refractivity contribution < 1.29 is 24.5 Å². The van der Waals surface area contributed by atoms with E-state index in [1.807, 2.05) is 4.98 Å². The van der Waals surface area contributed by atoms with Crippen LogP contribution < -0.4 is 17.0 Å². The zero-order chi connectivity index (χ0) is 15.7. The molecule has 1 fully saturated rings. The average molecular weight is 301 g/mol. The first kappa shape index (κ1) is 15.4. The number of nitrogens with two attached hydrogens (primary N) is 1. The molecule has 1 aromatic rings. The lowest BCUT2D eigenvalue weighted by molar-refractivity contribution is -0.148. The van der Waals surface area contributed by atoms with E-state index in [0.29, 0.717) is 0 Å². The predicted molar refractivity (Wildman–Crippen MR) is 67.2 cm³/mol. The highest BCUT2D eigenvalue weighted by Gasteiger charge is 2.48. The SMILES string of the molecule is COC(=O)[C@@H](N)[C@H]1O[C@@H](n2ccc(=O)[nH]c2=O)[C@H](O)[C@@H]1O. The van der Waals surface area contributed by atoms with Gasteiger partial charge in [-0.2, -0.15) is 0 Å². The molecule has 1 aliphatic heterocycles. The maximum absolute atomic E-state index is 11.7. The highest BCUT2D eigenvalue weighted by atomic mass is 16.6. The molecule has 1 aliphatic rings. The van der Waals surface area contributed by atoms with Gasteiger partial charge in [-0.3, -0.25) is 19.1 Å². The quantitative estimate of drug-likeness (QED) is 0.422. The van der Waals surface area contributed by atoms with Crippen molar-refractivity contribution in [1.82, 2.24) is 9.55 Å². The third kappa shape index (κ3) is 2.74. The summed E-state index contributed by atoms with van der Waals surface area (Å²) < 4.78 is 10.6. The number of carbonyl (C=O) groups is 1. The van der Waals surface area contributed by atoms with Crippen molar-refractivity contribution in [1.29, 1.82) is 0 Å². The summed E-state index contributed by atoms with van der Waals surface area (Å²) in [5.41, 5.74) is 4.13. The van der Waals surface area contributed by atoms with Crippen LogP contribution in [-0.4, -0.2) is 57.2 Å². The molecule has 0 spiro atoms. The van der Waals surface area contributed by atoms with Crippen LogP contribution in [0.4, 0.5) is 0 Å². The van der Waals surface area contributed by atoms with Crippen molar-refractivity contribution in [3.63, 3.8) is 0 Å². The Kier molecular flexibility index (Phi) is 4.23. The molecule has 0 amide bonds. The first-order valence-electron chi connectivity index (χ1n) is 6.03. The van der Waals surface area contributed by atoms with E-state index in [2.05, 4.69) is 4.74 Å². The first-order valence-corrected chi connectivity index (χ1v) is 6.03. The second kappa shape index (κ2) is 5.77. The van der Waals surface area contributed by atoms with Crippen LogP contribution in [0.15, 0.2) is 21.9 Å². The first-order chi connectivity index (χ1) is 9.86. The van der Waals surface area contributed by atoms with Crippen molar-refractivity contribution in [3.8, 4) is 0 Å². The molecule has 0 radical (unpaired) electrons. The Balaban J connectivity index is 2.29. The number of aromatic nitrogens is 2. The van der Waals surface area contributed by atoms with E-state index in [4.69, 9.17) is 10.5 Å². The van der Waals surface area contributed by atoms with Crippen molar-refractivity contribution in [3.05, 3.63) is 33.1 Å². The third-order valence-corrected chi connectivity index (χ3v) is 3.23. The van der Waals surface area contributed by atoms with E-state index in [-0.39, 0.29) is 0 Å². The Hall–Kier alpha value is -2.01. The van der Waals surface area contributed by atoms with Crippen molar-refractivity contribution in [2.75, 3.05) is 7.11 Å². The number of esters is 1. The summed E-state index contributed by atoms with van der Waals surface area (Å²) in [6.07, 6.45) is -4.44. The molecule has 21 heavy (non-hydrogen) atoms. The minimum Gasteiger partial charge on any atom is -0.468 e. The molecule has 2 heterocycles. The molecule has 1 aromatic heterocycles. The lowest BCUT2D eigenvalue weighted by Crippen LogP contribution is -2.48. The summed E-state index contributed by atoms with van der Waals surface area (Å²) in [5, 5.41) is 19.8. The second-order valence-corrected chi connectivity index (χ2v) is 4.54. The number of ether oxygens (including phenoxy) is 2. The van der Waals surface area contributed by atoms with Gasteiger partial charge in [0.25, 0.3) is 5.56 Å². The fourth-order valence-electron chi connectivity index (χ4n) is 2.11. The highest BCUT2D eigenvalue weighted by molar-refractivity contribution is 5.76. The molecule has 5 atom stereocenters. The molecule has 0 saturated carbocycles. The van der Waals surface area contributed by atoms with Gasteiger partial charge < -0.3 is 25.4 Å². The Labute approximate surface area is 117 Å². The minimum absolute atomic E-state index is 0.618. The average Bonchev–Trinajstić information content (AvgIpc) is 2.74. The smallest absolute Gasteiger partial charge is 0.330 e. The van der Waals surface area contributed by atoms with E-state index in [9.17, 15) is 24.6 Å². The molecule has 116 valence electrons. The number of carbonyl (C=O) groups excluding carboxylic acids is 1. The maximum Gasteiger partial charge on any atom is 0.330 e. The zero-order valence-corrected chi connectivity index (χ0v) is 11.0. The second-order valence-electron chi connectivity index (χ2n) is 4.54. The standard InChI is InChI=1S/C11H15N3O7/c1-20-10(18)5(12)8-6(16)7(17)9(21-8)14-3-2-4(15)13-11(14)19/h2-3,5-9,16-17H,12H2,1H3,(H,13,15,19)/t5-,6-,7+,8+,9+/m0/s1. The van der Waals surface area contributed by atoms with Crippen LogP contribution in [0.1, 0.15) is 6.23 Å². The van der Waals surface area contributed by atoms with Crippen molar-refractivity contribution in [2.45, 2.75) is 30.6 Å². The molecule has 2 rings (SSSR count). The highest BCUT2D eigenvalue weighted by Crippen LogP contribution is 2.29. The number of H-pyrrole nitrogens is 1. The number of hydrogen-bond acceptors (Lipinski definition) is 8. The van der Waals surface area contributed by atoms with E-state index >= 15 is 0 Å². The summed E-state index contributed by atoms with van der Waals surface area (Å²) in [4.78, 5) is 36.0. The lowest BCUT2D eigenvalue weighted by atomic mass is 10.0. The van der Waals surface area contributed by atoms with Crippen molar-refractivity contribution in [2.24, 2.45) is 5.73 Å². The molecular weight excluding hydrogens is 286 g/mol. The van der Waals surface area contributed by atoms with Gasteiger partial charge in [-0.15, -0.1) is 0 Å². The van der Waals surface area contributed by atoms with Crippen LogP contribution in [0.25, 0.3) is 0 Å². The van der Waals surface area contributed by atoms with Gasteiger partial charge in [0, 0.05) is 12.3 Å². The van der Waals surface area contributed by atoms with Gasteiger partial charge in [-0.05, 0) is 0 Å². The molecule has 1 saturated heterocycles. The van der Waals surface area contributed by atoms with Crippen molar-refractivity contribution >= 4 is 5.97 Å².